The van der Waals surface area contributed by atoms with Crippen LogP contribution in [0.4, 0.5) is 5.69 Å². The molecule has 2 rings (SSSR count). The predicted molar refractivity (Wildman–Crippen MR) is 80.4 cm³/mol. The number of carbonyl (C=O) groups is 1. The van der Waals surface area contributed by atoms with E-state index in [2.05, 4.69) is 5.32 Å². The lowest BCUT2D eigenvalue weighted by molar-refractivity contribution is -0.120. The van der Waals surface area contributed by atoms with Crippen molar-refractivity contribution in [3.8, 4) is 0 Å². The lowest BCUT2D eigenvalue weighted by atomic mass is 9.92. The molecule has 104 valence electrons. The van der Waals surface area contributed by atoms with Crippen molar-refractivity contribution < 1.29 is 9.90 Å². The van der Waals surface area contributed by atoms with Gasteiger partial charge in [-0.25, -0.2) is 0 Å². The molecule has 3 heteroatoms. The summed E-state index contributed by atoms with van der Waals surface area (Å²) in [6.45, 7) is 3.59. The molecule has 0 aromatic heterocycles. The predicted octanol–water partition coefficient (Wildman–Crippen LogP) is 3.23. The Balaban J connectivity index is 2.07. The average Bonchev–Trinajstić information content (AvgIpc) is 2.42. The number of para-hydroxylation sites is 1. The highest BCUT2D eigenvalue weighted by atomic mass is 16.3. The molecule has 1 amide bonds. The molecule has 0 bridgehead atoms. The first-order valence-corrected chi connectivity index (χ1v) is 6.62. The number of anilines is 1. The summed E-state index contributed by atoms with van der Waals surface area (Å²) in [6, 6.07) is 16.8. The second-order valence-corrected chi connectivity index (χ2v) is 5.18. The maximum Gasteiger partial charge on any atom is 0.227 e. The molecule has 0 radical (unpaired) electrons. The Morgan fingerprint density at radius 1 is 1.10 bits per heavy atom. The van der Waals surface area contributed by atoms with Gasteiger partial charge in [0.1, 0.15) is 0 Å². The summed E-state index contributed by atoms with van der Waals surface area (Å²) in [5, 5.41) is 13.3. The fourth-order valence-electron chi connectivity index (χ4n) is 2.12. The fourth-order valence-corrected chi connectivity index (χ4v) is 2.12. The first kappa shape index (κ1) is 14.3. The van der Waals surface area contributed by atoms with Crippen LogP contribution < -0.4 is 5.32 Å². The molecule has 2 aromatic rings. The lowest BCUT2D eigenvalue weighted by Crippen LogP contribution is -2.28. The molecule has 3 nitrogen and oxygen atoms in total. The zero-order valence-corrected chi connectivity index (χ0v) is 11.8. The largest absolute Gasteiger partial charge is 0.385 e. The minimum Gasteiger partial charge on any atom is -0.385 e. The third-order valence-corrected chi connectivity index (χ3v) is 3.32. The van der Waals surface area contributed by atoms with Crippen LogP contribution in [0.1, 0.15) is 24.5 Å². The highest BCUT2D eigenvalue weighted by Gasteiger charge is 2.26. The molecule has 1 atom stereocenters. The van der Waals surface area contributed by atoms with Gasteiger partial charge in [0.05, 0.1) is 12.0 Å². The van der Waals surface area contributed by atoms with Crippen molar-refractivity contribution in [1.82, 2.24) is 0 Å². The number of aryl methyl sites for hydroxylation is 1. The minimum atomic E-state index is -1.17. The van der Waals surface area contributed by atoms with E-state index in [0.29, 0.717) is 0 Å². The Bertz CT molecular complexity index is 591. The van der Waals surface area contributed by atoms with Gasteiger partial charge in [-0.05, 0) is 31.0 Å². The van der Waals surface area contributed by atoms with E-state index in [1.807, 2.05) is 61.5 Å². The molecule has 0 spiro atoms. The van der Waals surface area contributed by atoms with Gasteiger partial charge < -0.3 is 10.4 Å². The van der Waals surface area contributed by atoms with Crippen molar-refractivity contribution in [2.24, 2.45) is 0 Å². The van der Waals surface area contributed by atoms with Crippen molar-refractivity contribution in [1.29, 1.82) is 0 Å². The molecule has 20 heavy (non-hydrogen) atoms. The molecule has 0 aliphatic heterocycles. The Hall–Kier alpha value is -2.13. The van der Waals surface area contributed by atoms with Crippen LogP contribution in [0.2, 0.25) is 0 Å². The number of hydrogen-bond donors (Lipinski definition) is 2. The SMILES string of the molecule is Cc1ccccc1NC(=O)CC(C)(O)c1ccccc1. The molecule has 0 saturated heterocycles. The summed E-state index contributed by atoms with van der Waals surface area (Å²) in [4.78, 5) is 12.1. The van der Waals surface area contributed by atoms with E-state index in [9.17, 15) is 9.90 Å². The number of benzene rings is 2. The third-order valence-electron chi connectivity index (χ3n) is 3.32. The standard InChI is InChI=1S/C17H19NO2/c1-13-8-6-7-11-15(13)18-16(19)12-17(2,20)14-9-4-3-5-10-14/h3-11,20H,12H2,1-2H3,(H,18,19). The van der Waals surface area contributed by atoms with Gasteiger partial charge in [0.25, 0.3) is 0 Å². The fraction of sp³-hybridized carbons (Fsp3) is 0.235. The third kappa shape index (κ3) is 3.45. The first-order valence-electron chi connectivity index (χ1n) is 6.62. The Kier molecular flexibility index (Phi) is 4.20. The summed E-state index contributed by atoms with van der Waals surface area (Å²) in [6.07, 6.45) is 0.0192. The van der Waals surface area contributed by atoms with Crippen LogP contribution in [-0.4, -0.2) is 11.0 Å². The monoisotopic (exact) mass is 269 g/mol. The molecule has 2 N–H and O–H groups in total. The van der Waals surface area contributed by atoms with Crippen molar-refractivity contribution in [2.45, 2.75) is 25.9 Å². The molecule has 0 saturated carbocycles. The maximum atomic E-state index is 12.1. The topological polar surface area (TPSA) is 49.3 Å². The molecule has 0 fully saturated rings. The molecule has 1 unspecified atom stereocenters. The summed E-state index contributed by atoms with van der Waals surface area (Å²) in [5.41, 5.74) is 1.34. The molecule has 0 heterocycles. The van der Waals surface area contributed by atoms with Crippen LogP contribution in [0, 0.1) is 6.92 Å². The summed E-state index contributed by atoms with van der Waals surface area (Å²) in [5.74, 6) is -0.201. The molecular formula is C17H19NO2. The number of nitrogens with one attached hydrogen (secondary N) is 1. The number of aliphatic hydroxyl groups is 1. The van der Waals surface area contributed by atoms with Gasteiger partial charge >= 0.3 is 0 Å². The first-order chi connectivity index (χ1) is 9.49. The van der Waals surface area contributed by atoms with E-state index in [1.165, 1.54) is 0 Å². The van der Waals surface area contributed by atoms with E-state index in [4.69, 9.17) is 0 Å². The van der Waals surface area contributed by atoms with Gasteiger partial charge in [-0.15, -0.1) is 0 Å². The van der Waals surface area contributed by atoms with Crippen molar-refractivity contribution in [2.75, 3.05) is 5.32 Å². The van der Waals surface area contributed by atoms with Crippen molar-refractivity contribution in [3.63, 3.8) is 0 Å². The zero-order chi connectivity index (χ0) is 14.6. The number of carbonyl (C=O) groups excluding carboxylic acids is 1. The van der Waals surface area contributed by atoms with Gasteiger partial charge in [0, 0.05) is 5.69 Å². The van der Waals surface area contributed by atoms with Crippen LogP contribution in [0.5, 0.6) is 0 Å². The number of rotatable bonds is 4. The molecule has 0 aliphatic carbocycles. The van der Waals surface area contributed by atoms with Crippen LogP contribution in [0.25, 0.3) is 0 Å². The summed E-state index contributed by atoms with van der Waals surface area (Å²) < 4.78 is 0. The zero-order valence-electron chi connectivity index (χ0n) is 11.8. The van der Waals surface area contributed by atoms with Gasteiger partial charge in [-0.1, -0.05) is 48.5 Å². The smallest absolute Gasteiger partial charge is 0.227 e. The molecular weight excluding hydrogens is 250 g/mol. The van der Waals surface area contributed by atoms with Crippen molar-refractivity contribution in [3.05, 3.63) is 65.7 Å². The normalized spacial score (nSPS) is 13.6. The van der Waals surface area contributed by atoms with E-state index >= 15 is 0 Å². The van der Waals surface area contributed by atoms with E-state index < -0.39 is 5.60 Å². The second-order valence-electron chi connectivity index (χ2n) is 5.18. The highest BCUT2D eigenvalue weighted by molar-refractivity contribution is 5.92. The molecule has 2 aromatic carbocycles. The van der Waals surface area contributed by atoms with Gasteiger partial charge in [-0.2, -0.15) is 0 Å². The number of amides is 1. The Morgan fingerprint density at radius 3 is 2.35 bits per heavy atom. The van der Waals surface area contributed by atoms with E-state index in [1.54, 1.807) is 6.92 Å². The highest BCUT2D eigenvalue weighted by Crippen LogP contribution is 2.25. The maximum absolute atomic E-state index is 12.1. The second kappa shape index (κ2) is 5.88. The van der Waals surface area contributed by atoms with E-state index in [0.717, 1.165) is 16.8 Å². The van der Waals surface area contributed by atoms with Gasteiger partial charge in [0.2, 0.25) is 5.91 Å². The molecule has 0 aliphatic rings. The van der Waals surface area contributed by atoms with Crippen LogP contribution in [0.3, 0.4) is 0 Å². The minimum absolute atomic E-state index is 0.0192. The van der Waals surface area contributed by atoms with Crippen molar-refractivity contribution >= 4 is 11.6 Å². The van der Waals surface area contributed by atoms with Crippen LogP contribution in [-0.2, 0) is 10.4 Å². The van der Waals surface area contributed by atoms with Crippen LogP contribution in [0.15, 0.2) is 54.6 Å². The lowest BCUT2D eigenvalue weighted by Gasteiger charge is -2.23. The van der Waals surface area contributed by atoms with Gasteiger partial charge in [-0.3, -0.25) is 4.79 Å². The average molecular weight is 269 g/mol. The number of hydrogen-bond acceptors (Lipinski definition) is 2. The Labute approximate surface area is 119 Å². The Morgan fingerprint density at radius 2 is 1.70 bits per heavy atom. The van der Waals surface area contributed by atoms with E-state index in [-0.39, 0.29) is 12.3 Å². The van der Waals surface area contributed by atoms with Gasteiger partial charge in [0.15, 0.2) is 0 Å². The summed E-state index contributed by atoms with van der Waals surface area (Å²) in [7, 11) is 0. The summed E-state index contributed by atoms with van der Waals surface area (Å²) >= 11 is 0. The quantitative estimate of drug-likeness (QED) is 0.895. The van der Waals surface area contributed by atoms with Crippen LogP contribution >= 0.6 is 0 Å².